The van der Waals surface area contributed by atoms with Crippen molar-refractivity contribution in [2.24, 2.45) is 0 Å². The molecule has 1 aromatic carbocycles. The van der Waals surface area contributed by atoms with Crippen LogP contribution >= 0.6 is 0 Å². The molecular formula is C12H16N2O. The minimum absolute atomic E-state index is 0.208. The van der Waals surface area contributed by atoms with Crippen molar-refractivity contribution in [1.29, 1.82) is 0 Å². The summed E-state index contributed by atoms with van der Waals surface area (Å²) >= 11 is 0. The number of nitrogen functional groups attached to an aromatic ring is 1. The van der Waals surface area contributed by atoms with Crippen LogP contribution in [0.4, 0.5) is 11.4 Å². The summed E-state index contributed by atoms with van der Waals surface area (Å²) in [5.41, 5.74) is 8.71. The molecule has 2 rings (SSSR count). The third kappa shape index (κ3) is 1.69. The lowest BCUT2D eigenvalue weighted by Crippen LogP contribution is -2.40. The second kappa shape index (κ2) is 3.57. The van der Waals surface area contributed by atoms with Crippen LogP contribution in [0.3, 0.4) is 0 Å². The molecule has 1 aliphatic heterocycles. The van der Waals surface area contributed by atoms with E-state index in [1.54, 1.807) is 0 Å². The lowest BCUT2D eigenvalue weighted by atomic mass is 9.99. The zero-order valence-electron chi connectivity index (χ0n) is 9.16. The van der Waals surface area contributed by atoms with E-state index in [0.29, 0.717) is 6.42 Å². The number of aryl methyl sites for hydroxylation is 1. The van der Waals surface area contributed by atoms with Crippen LogP contribution in [-0.4, -0.2) is 11.9 Å². The van der Waals surface area contributed by atoms with Gasteiger partial charge in [0, 0.05) is 23.8 Å². The van der Waals surface area contributed by atoms with Crippen LogP contribution in [0.2, 0.25) is 0 Å². The first kappa shape index (κ1) is 10.0. The van der Waals surface area contributed by atoms with E-state index in [-0.39, 0.29) is 11.9 Å². The van der Waals surface area contributed by atoms with Crippen LogP contribution in [0.5, 0.6) is 0 Å². The molecule has 3 heteroatoms. The third-order valence-electron chi connectivity index (χ3n) is 2.76. The topological polar surface area (TPSA) is 46.3 Å². The van der Waals surface area contributed by atoms with Gasteiger partial charge in [0.25, 0.3) is 0 Å². The molecule has 15 heavy (non-hydrogen) atoms. The van der Waals surface area contributed by atoms with Crippen molar-refractivity contribution in [3.63, 3.8) is 0 Å². The van der Waals surface area contributed by atoms with Gasteiger partial charge in [0.2, 0.25) is 5.91 Å². The highest BCUT2D eigenvalue weighted by atomic mass is 16.2. The third-order valence-corrected chi connectivity index (χ3v) is 2.76. The number of carbonyl (C=O) groups is 1. The molecule has 1 amide bonds. The fourth-order valence-electron chi connectivity index (χ4n) is 2.10. The maximum atomic E-state index is 11.8. The van der Waals surface area contributed by atoms with Gasteiger partial charge in [-0.15, -0.1) is 0 Å². The molecule has 0 atom stereocenters. The Morgan fingerprint density at radius 1 is 1.33 bits per heavy atom. The van der Waals surface area contributed by atoms with E-state index in [0.717, 1.165) is 17.8 Å². The number of nitrogens with two attached hydrogens (primary N) is 1. The van der Waals surface area contributed by atoms with Crippen LogP contribution in [0.15, 0.2) is 18.2 Å². The largest absolute Gasteiger partial charge is 0.399 e. The molecule has 0 aliphatic carbocycles. The average molecular weight is 204 g/mol. The van der Waals surface area contributed by atoms with Crippen LogP contribution in [0.25, 0.3) is 0 Å². The van der Waals surface area contributed by atoms with Crippen LogP contribution < -0.4 is 10.6 Å². The highest BCUT2D eigenvalue weighted by Crippen LogP contribution is 2.30. The summed E-state index contributed by atoms with van der Waals surface area (Å²) in [5.74, 6) is 0.210. The van der Waals surface area contributed by atoms with E-state index in [9.17, 15) is 4.79 Å². The highest BCUT2D eigenvalue weighted by Gasteiger charge is 2.25. The molecule has 0 radical (unpaired) electrons. The van der Waals surface area contributed by atoms with Crippen LogP contribution in [0.1, 0.15) is 25.8 Å². The quantitative estimate of drug-likeness (QED) is 0.711. The van der Waals surface area contributed by atoms with E-state index in [4.69, 9.17) is 5.73 Å². The summed E-state index contributed by atoms with van der Waals surface area (Å²) in [7, 11) is 0. The van der Waals surface area contributed by atoms with Gasteiger partial charge in [-0.25, -0.2) is 0 Å². The summed E-state index contributed by atoms with van der Waals surface area (Å²) in [6.45, 7) is 4.06. The van der Waals surface area contributed by atoms with Crippen molar-refractivity contribution in [3.8, 4) is 0 Å². The Labute approximate surface area is 89.9 Å². The van der Waals surface area contributed by atoms with E-state index >= 15 is 0 Å². The van der Waals surface area contributed by atoms with Crippen molar-refractivity contribution >= 4 is 17.3 Å². The maximum Gasteiger partial charge on any atom is 0.227 e. The predicted molar refractivity (Wildman–Crippen MR) is 61.8 cm³/mol. The molecule has 0 fully saturated rings. The van der Waals surface area contributed by atoms with Gasteiger partial charge in [0.15, 0.2) is 0 Å². The Morgan fingerprint density at radius 2 is 2.07 bits per heavy atom. The molecule has 0 aromatic heterocycles. The van der Waals surface area contributed by atoms with Gasteiger partial charge in [-0.2, -0.15) is 0 Å². The fourth-order valence-corrected chi connectivity index (χ4v) is 2.10. The zero-order chi connectivity index (χ0) is 11.0. The van der Waals surface area contributed by atoms with Crippen molar-refractivity contribution in [3.05, 3.63) is 23.8 Å². The second-order valence-electron chi connectivity index (χ2n) is 4.25. The minimum atomic E-state index is 0.208. The first-order chi connectivity index (χ1) is 7.09. The van der Waals surface area contributed by atoms with Crippen molar-refractivity contribution in [2.75, 3.05) is 10.6 Å². The summed E-state index contributed by atoms with van der Waals surface area (Å²) in [4.78, 5) is 13.6. The van der Waals surface area contributed by atoms with E-state index < -0.39 is 0 Å². The SMILES string of the molecule is CC(C)N1C(=O)CCc2cc(N)ccc21. The number of rotatable bonds is 1. The van der Waals surface area contributed by atoms with Gasteiger partial charge in [-0.1, -0.05) is 0 Å². The molecule has 0 saturated carbocycles. The normalized spacial score (nSPS) is 15.7. The second-order valence-corrected chi connectivity index (χ2v) is 4.25. The summed E-state index contributed by atoms with van der Waals surface area (Å²) in [6.07, 6.45) is 1.40. The Balaban J connectivity index is 2.48. The standard InChI is InChI=1S/C12H16N2O/c1-8(2)14-11-5-4-10(13)7-9(11)3-6-12(14)15/h4-5,7-8H,3,6,13H2,1-2H3. The summed E-state index contributed by atoms with van der Waals surface area (Å²) < 4.78 is 0. The molecule has 80 valence electrons. The van der Waals surface area contributed by atoms with Crippen molar-refractivity contribution in [1.82, 2.24) is 0 Å². The zero-order valence-corrected chi connectivity index (χ0v) is 9.16. The van der Waals surface area contributed by atoms with Crippen LogP contribution in [0, 0.1) is 0 Å². The number of hydrogen-bond donors (Lipinski definition) is 1. The van der Waals surface area contributed by atoms with Gasteiger partial charge in [-0.05, 0) is 44.0 Å². The first-order valence-corrected chi connectivity index (χ1v) is 5.30. The Kier molecular flexibility index (Phi) is 2.39. The molecule has 0 unspecified atom stereocenters. The van der Waals surface area contributed by atoms with E-state index in [2.05, 4.69) is 0 Å². The highest BCUT2D eigenvalue weighted by molar-refractivity contribution is 5.97. The molecule has 1 heterocycles. The maximum absolute atomic E-state index is 11.8. The average Bonchev–Trinajstić information content (AvgIpc) is 2.17. The number of anilines is 2. The lowest BCUT2D eigenvalue weighted by molar-refractivity contribution is -0.119. The first-order valence-electron chi connectivity index (χ1n) is 5.30. The Bertz CT molecular complexity index is 399. The number of hydrogen-bond acceptors (Lipinski definition) is 2. The summed E-state index contributed by atoms with van der Waals surface area (Å²) in [6, 6.07) is 5.98. The van der Waals surface area contributed by atoms with Gasteiger partial charge < -0.3 is 10.6 Å². The molecule has 0 bridgehead atoms. The number of benzene rings is 1. The van der Waals surface area contributed by atoms with Gasteiger partial charge in [0.05, 0.1) is 0 Å². The van der Waals surface area contributed by atoms with E-state index in [1.807, 2.05) is 36.9 Å². The molecular weight excluding hydrogens is 188 g/mol. The lowest BCUT2D eigenvalue weighted by Gasteiger charge is -2.32. The van der Waals surface area contributed by atoms with E-state index in [1.165, 1.54) is 5.56 Å². The predicted octanol–water partition coefficient (Wildman–Crippen LogP) is 1.96. The summed E-state index contributed by atoms with van der Waals surface area (Å²) in [5, 5.41) is 0. The Morgan fingerprint density at radius 3 is 2.73 bits per heavy atom. The number of carbonyl (C=O) groups excluding carboxylic acids is 1. The van der Waals surface area contributed by atoms with Gasteiger partial charge in [-0.3, -0.25) is 4.79 Å². The van der Waals surface area contributed by atoms with Gasteiger partial charge in [0.1, 0.15) is 0 Å². The molecule has 0 spiro atoms. The molecule has 2 N–H and O–H groups in total. The molecule has 1 aliphatic rings. The number of amides is 1. The van der Waals surface area contributed by atoms with Crippen molar-refractivity contribution < 1.29 is 4.79 Å². The van der Waals surface area contributed by atoms with Crippen LogP contribution in [-0.2, 0) is 11.2 Å². The number of nitrogens with zero attached hydrogens (tertiary/aromatic N) is 1. The Hall–Kier alpha value is -1.51. The van der Waals surface area contributed by atoms with Crippen molar-refractivity contribution in [2.45, 2.75) is 32.7 Å². The molecule has 1 aromatic rings. The fraction of sp³-hybridized carbons (Fsp3) is 0.417. The van der Waals surface area contributed by atoms with Gasteiger partial charge >= 0.3 is 0 Å². The molecule has 3 nitrogen and oxygen atoms in total. The molecule has 0 saturated heterocycles. The smallest absolute Gasteiger partial charge is 0.227 e. The monoisotopic (exact) mass is 204 g/mol. The number of fused-ring (bicyclic) bond motifs is 1. The minimum Gasteiger partial charge on any atom is -0.399 e.